The molecule has 3 aromatic carbocycles. The molecule has 7 heteroatoms. The van der Waals surface area contributed by atoms with Crippen molar-refractivity contribution >= 4 is 36.8 Å². The Hall–Kier alpha value is -3.14. The smallest absolute Gasteiger partial charge is 0.198 e. The lowest BCUT2D eigenvalue weighted by Crippen LogP contribution is -2.16. The van der Waals surface area contributed by atoms with E-state index in [2.05, 4.69) is 36.4 Å². The molecule has 0 heterocycles. The van der Waals surface area contributed by atoms with Gasteiger partial charge in [0.05, 0.1) is 23.4 Å². The Morgan fingerprint density at radius 3 is 2.38 bits per heavy atom. The molecule has 0 aromatic heterocycles. The standard InChI is InChI=1S/C25H22ClF2NO2Si/c1-31-24-10-5-16(11-12-32(2,3)4)13-20(24)25(30)19-8-7-18(15-21(19)26)29-23-9-6-17(27)14-22(23)28/h5-10,13-15,29H,1-4H3. The molecule has 3 nitrogen and oxygen atoms in total. The molecule has 32 heavy (non-hydrogen) atoms. The van der Waals surface area contributed by atoms with E-state index in [1.54, 1.807) is 24.3 Å². The summed E-state index contributed by atoms with van der Waals surface area (Å²) >= 11 is 6.38. The molecule has 0 aliphatic heterocycles. The molecule has 0 saturated carbocycles. The summed E-state index contributed by atoms with van der Waals surface area (Å²) in [4.78, 5) is 13.2. The van der Waals surface area contributed by atoms with Gasteiger partial charge in [-0.25, -0.2) is 8.78 Å². The molecule has 3 rings (SSSR count). The van der Waals surface area contributed by atoms with Crippen molar-refractivity contribution in [2.45, 2.75) is 19.6 Å². The van der Waals surface area contributed by atoms with Gasteiger partial charge in [-0.2, -0.15) is 0 Å². The number of benzene rings is 3. The molecule has 0 fully saturated rings. The molecule has 0 aliphatic rings. The Balaban J connectivity index is 1.92. The molecule has 0 bridgehead atoms. The van der Waals surface area contributed by atoms with Gasteiger partial charge in [-0.15, -0.1) is 5.54 Å². The normalized spacial score (nSPS) is 10.8. The lowest BCUT2D eigenvalue weighted by molar-refractivity contribution is 0.103. The summed E-state index contributed by atoms with van der Waals surface area (Å²) < 4.78 is 32.4. The number of nitrogens with one attached hydrogen (secondary N) is 1. The summed E-state index contributed by atoms with van der Waals surface area (Å²) in [5, 5.41) is 3.02. The molecule has 0 aliphatic carbocycles. The van der Waals surface area contributed by atoms with Gasteiger partial charge in [0.25, 0.3) is 0 Å². The number of ether oxygens (including phenoxy) is 1. The van der Waals surface area contributed by atoms with Crippen molar-refractivity contribution in [1.82, 2.24) is 0 Å². The number of methoxy groups -OCH3 is 1. The van der Waals surface area contributed by atoms with Gasteiger partial charge in [0.15, 0.2) is 5.78 Å². The molecule has 0 unspecified atom stereocenters. The number of carbonyl (C=O) groups excluding carboxylic acids is 1. The lowest BCUT2D eigenvalue weighted by Gasteiger charge is -2.12. The van der Waals surface area contributed by atoms with Crippen LogP contribution >= 0.6 is 11.6 Å². The summed E-state index contributed by atoms with van der Waals surface area (Å²) in [5.41, 5.74) is 5.17. The number of hydrogen-bond acceptors (Lipinski definition) is 3. The Kier molecular flexibility index (Phi) is 7.02. The van der Waals surface area contributed by atoms with E-state index in [4.69, 9.17) is 16.3 Å². The van der Waals surface area contributed by atoms with Gasteiger partial charge in [-0.1, -0.05) is 37.2 Å². The average molecular weight is 470 g/mol. The van der Waals surface area contributed by atoms with Gasteiger partial charge in [0.2, 0.25) is 0 Å². The molecule has 3 aromatic rings. The molecular weight excluding hydrogens is 448 g/mol. The van der Waals surface area contributed by atoms with Crippen molar-refractivity contribution in [2.75, 3.05) is 12.4 Å². The van der Waals surface area contributed by atoms with E-state index in [1.165, 1.54) is 19.2 Å². The lowest BCUT2D eigenvalue weighted by atomic mass is 10.00. The molecular formula is C25H22ClF2NO2Si. The second-order valence-electron chi connectivity index (χ2n) is 8.19. The van der Waals surface area contributed by atoms with Crippen LogP contribution in [-0.4, -0.2) is 21.0 Å². The number of carbonyl (C=O) groups is 1. The maximum Gasteiger partial charge on any atom is 0.198 e. The minimum absolute atomic E-state index is 0.0943. The molecule has 1 N–H and O–H groups in total. The van der Waals surface area contributed by atoms with Crippen LogP contribution in [0.25, 0.3) is 0 Å². The van der Waals surface area contributed by atoms with Crippen LogP contribution in [0.4, 0.5) is 20.2 Å². The number of anilines is 2. The SMILES string of the molecule is COc1ccc(C#C[Si](C)(C)C)cc1C(=O)c1ccc(Nc2ccc(F)cc2F)cc1Cl. The third-order valence-corrected chi connectivity index (χ3v) is 5.64. The van der Waals surface area contributed by atoms with E-state index >= 15 is 0 Å². The van der Waals surface area contributed by atoms with Crippen LogP contribution < -0.4 is 10.1 Å². The molecule has 0 saturated heterocycles. The fourth-order valence-electron chi connectivity index (χ4n) is 2.89. The van der Waals surface area contributed by atoms with Gasteiger partial charge in [0, 0.05) is 22.9 Å². The average Bonchev–Trinajstić information content (AvgIpc) is 2.73. The highest BCUT2D eigenvalue weighted by atomic mass is 35.5. The van der Waals surface area contributed by atoms with Crippen LogP contribution in [0, 0.1) is 23.1 Å². The van der Waals surface area contributed by atoms with E-state index in [9.17, 15) is 13.6 Å². The summed E-state index contributed by atoms with van der Waals surface area (Å²) in [6.07, 6.45) is 0. The molecule has 0 radical (unpaired) electrons. The third kappa shape index (κ3) is 5.76. The Morgan fingerprint density at radius 1 is 1.00 bits per heavy atom. The summed E-state index contributed by atoms with van der Waals surface area (Å²) in [6.45, 7) is 6.42. The van der Waals surface area contributed by atoms with Gasteiger partial charge in [0.1, 0.15) is 25.5 Å². The molecule has 0 spiro atoms. The Morgan fingerprint density at radius 2 is 1.75 bits per heavy atom. The zero-order chi connectivity index (χ0) is 23.5. The topological polar surface area (TPSA) is 38.3 Å². The van der Waals surface area contributed by atoms with Crippen molar-refractivity contribution < 1.29 is 18.3 Å². The first-order valence-corrected chi connectivity index (χ1v) is 13.7. The first-order valence-electron chi connectivity index (χ1n) is 9.85. The number of hydrogen-bond donors (Lipinski definition) is 1. The number of halogens is 3. The molecule has 0 atom stereocenters. The predicted molar refractivity (Wildman–Crippen MR) is 128 cm³/mol. The zero-order valence-corrected chi connectivity index (χ0v) is 19.9. The Labute approximate surface area is 192 Å². The first-order chi connectivity index (χ1) is 15.1. The van der Waals surface area contributed by atoms with Crippen molar-refractivity contribution in [2.24, 2.45) is 0 Å². The van der Waals surface area contributed by atoms with Crippen molar-refractivity contribution in [1.29, 1.82) is 0 Å². The van der Waals surface area contributed by atoms with Crippen LogP contribution in [0.2, 0.25) is 24.7 Å². The van der Waals surface area contributed by atoms with Crippen molar-refractivity contribution in [3.05, 3.63) is 87.9 Å². The van der Waals surface area contributed by atoms with E-state index in [0.717, 1.165) is 17.7 Å². The van der Waals surface area contributed by atoms with Crippen LogP contribution in [0.3, 0.4) is 0 Å². The van der Waals surface area contributed by atoms with Crippen molar-refractivity contribution in [3.63, 3.8) is 0 Å². The van der Waals surface area contributed by atoms with E-state index in [-0.39, 0.29) is 22.1 Å². The zero-order valence-electron chi connectivity index (χ0n) is 18.1. The number of ketones is 1. The third-order valence-electron chi connectivity index (χ3n) is 4.45. The highest BCUT2D eigenvalue weighted by molar-refractivity contribution is 6.83. The minimum atomic E-state index is -1.58. The number of rotatable bonds is 5. The van der Waals surface area contributed by atoms with E-state index < -0.39 is 19.7 Å². The highest BCUT2D eigenvalue weighted by Crippen LogP contribution is 2.30. The van der Waals surface area contributed by atoms with Gasteiger partial charge in [-0.3, -0.25) is 4.79 Å². The minimum Gasteiger partial charge on any atom is -0.496 e. The van der Waals surface area contributed by atoms with Gasteiger partial charge in [-0.05, 0) is 48.5 Å². The largest absolute Gasteiger partial charge is 0.496 e. The maximum absolute atomic E-state index is 13.9. The summed E-state index contributed by atoms with van der Waals surface area (Å²) in [7, 11) is -0.0866. The van der Waals surface area contributed by atoms with E-state index in [1.807, 2.05) is 6.07 Å². The van der Waals surface area contributed by atoms with Crippen molar-refractivity contribution in [3.8, 4) is 17.2 Å². The van der Waals surface area contributed by atoms with Gasteiger partial charge < -0.3 is 10.1 Å². The second kappa shape index (κ2) is 9.56. The van der Waals surface area contributed by atoms with Crippen LogP contribution in [0.5, 0.6) is 5.75 Å². The molecule has 164 valence electrons. The molecule has 0 amide bonds. The monoisotopic (exact) mass is 469 g/mol. The van der Waals surface area contributed by atoms with Crippen LogP contribution in [0.1, 0.15) is 21.5 Å². The fourth-order valence-corrected chi connectivity index (χ4v) is 3.68. The summed E-state index contributed by atoms with van der Waals surface area (Å²) in [5.74, 6) is 1.84. The second-order valence-corrected chi connectivity index (χ2v) is 13.3. The van der Waals surface area contributed by atoms with Crippen LogP contribution in [-0.2, 0) is 0 Å². The quantitative estimate of drug-likeness (QED) is 0.253. The van der Waals surface area contributed by atoms with E-state index in [0.29, 0.717) is 17.0 Å². The van der Waals surface area contributed by atoms with Crippen LogP contribution in [0.15, 0.2) is 54.6 Å². The summed E-state index contributed by atoms with van der Waals surface area (Å²) in [6, 6.07) is 13.1. The predicted octanol–water partition coefficient (Wildman–Crippen LogP) is 6.83. The fraction of sp³-hybridized carbons (Fsp3) is 0.160. The van der Waals surface area contributed by atoms with Gasteiger partial charge >= 0.3 is 0 Å². The first kappa shape index (κ1) is 23.5. The Bertz CT molecular complexity index is 1240. The highest BCUT2D eigenvalue weighted by Gasteiger charge is 2.19. The maximum atomic E-state index is 13.9.